The van der Waals surface area contributed by atoms with Gasteiger partial charge >= 0.3 is 0 Å². The van der Waals surface area contributed by atoms with Crippen molar-refractivity contribution in [2.24, 2.45) is 17.2 Å². The molecule has 12 N–H and O–H groups in total. The smallest absolute Gasteiger partial charge is 0.200 e. The number of imidazole rings is 1. The quantitative estimate of drug-likeness (QED) is 0.235. The van der Waals surface area contributed by atoms with Crippen LogP contribution in [0.4, 0.5) is 5.95 Å². The predicted molar refractivity (Wildman–Crippen MR) is 93.2 cm³/mol. The Hall–Kier alpha value is -1.35. The Kier molecular flexibility index (Phi) is 6.30. The molecule has 2 fully saturated rings. The maximum Gasteiger partial charge on any atom is 0.200 e. The van der Waals surface area contributed by atoms with Crippen molar-refractivity contribution in [1.29, 1.82) is 0 Å². The molecule has 3 rings (SSSR count). The first-order chi connectivity index (χ1) is 12.8. The van der Waals surface area contributed by atoms with Gasteiger partial charge in [0.2, 0.25) is 0 Å². The van der Waals surface area contributed by atoms with Gasteiger partial charge in [0.15, 0.2) is 12.2 Å². The van der Waals surface area contributed by atoms with Gasteiger partial charge in [-0.25, -0.2) is 4.98 Å². The van der Waals surface area contributed by atoms with E-state index in [9.17, 15) is 20.4 Å². The summed E-state index contributed by atoms with van der Waals surface area (Å²) >= 11 is 0. The summed E-state index contributed by atoms with van der Waals surface area (Å²) in [5.74, 6) is 0.467. The SMILES string of the molecule is NC1CC(N)C(OC2OC(CNc3ncc[nH]3)C(O)C(O)C2N)C(O)C1O. The molecule has 0 bridgehead atoms. The minimum atomic E-state index is -1.33. The van der Waals surface area contributed by atoms with E-state index in [1.807, 2.05) is 0 Å². The molecular formula is C15H28N6O6. The van der Waals surface area contributed by atoms with E-state index in [2.05, 4.69) is 15.3 Å². The second-order valence-electron chi connectivity index (χ2n) is 7.07. The van der Waals surface area contributed by atoms with E-state index in [4.69, 9.17) is 26.7 Å². The molecule has 12 heteroatoms. The largest absolute Gasteiger partial charge is 0.389 e. The van der Waals surface area contributed by atoms with Gasteiger partial charge in [0.25, 0.3) is 0 Å². The molecule has 1 aromatic rings. The topological polar surface area (TPSA) is 218 Å². The highest BCUT2D eigenvalue weighted by Crippen LogP contribution is 2.27. The average molecular weight is 388 g/mol. The summed E-state index contributed by atoms with van der Waals surface area (Å²) in [6, 6.07) is -2.40. The van der Waals surface area contributed by atoms with Crippen LogP contribution in [0.2, 0.25) is 0 Å². The number of anilines is 1. The van der Waals surface area contributed by atoms with E-state index in [1.54, 1.807) is 12.4 Å². The molecule has 1 saturated heterocycles. The van der Waals surface area contributed by atoms with Crippen LogP contribution < -0.4 is 22.5 Å². The van der Waals surface area contributed by atoms with Crippen LogP contribution in [0.3, 0.4) is 0 Å². The summed E-state index contributed by atoms with van der Waals surface area (Å²) in [5, 5.41) is 43.6. The van der Waals surface area contributed by atoms with Crippen LogP contribution in [0, 0.1) is 0 Å². The third kappa shape index (κ3) is 4.23. The summed E-state index contributed by atoms with van der Waals surface area (Å²) in [4.78, 5) is 6.84. The molecule has 1 aliphatic carbocycles. The lowest BCUT2D eigenvalue weighted by atomic mass is 9.84. The number of ether oxygens (including phenoxy) is 2. The normalized spacial score (nSPS) is 45.6. The summed E-state index contributed by atoms with van der Waals surface area (Å²) < 4.78 is 11.4. The maximum absolute atomic E-state index is 10.3. The van der Waals surface area contributed by atoms with Gasteiger partial charge in [0.05, 0.1) is 12.1 Å². The Morgan fingerprint density at radius 1 is 1.11 bits per heavy atom. The standard InChI is InChI=1S/C15H28N6O6/c16-5-3-6(17)13(12(25)9(5)22)27-14-8(18)11(24)10(23)7(26-14)4-21-15-19-1-2-20-15/h1-2,5-14,22-25H,3-4,16-18H2,(H2,19,20,21). The fourth-order valence-electron chi connectivity index (χ4n) is 3.43. The molecule has 0 spiro atoms. The highest BCUT2D eigenvalue weighted by Gasteiger charge is 2.48. The summed E-state index contributed by atoms with van der Waals surface area (Å²) in [6.45, 7) is 0.116. The zero-order valence-corrected chi connectivity index (χ0v) is 14.6. The molecular weight excluding hydrogens is 360 g/mol. The van der Waals surface area contributed by atoms with Crippen molar-refractivity contribution in [3.05, 3.63) is 12.4 Å². The number of nitrogens with one attached hydrogen (secondary N) is 2. The summed E-state index contributed by atoms with van der Waals surface area (Å²) in [7, 11) is 0. The molecule has 12 nitrogen and oxygen atoms in total. The van der Waals surface area contributed by atoms with E-state index in [0.29, 0.717) is 5.95 Å². The van der Waals surface area contributed by atoms with Crippen molar-refractivity contribution in [2.75, 3.05) is 11.9 Å². The summed E-state index contributed by atoms with van der Waals surface area (Å²) in [6.07, 6.45) is -4.71. The van der Waals surface area contributed by atoms with Crippen LogP contribution in [0.5, 0.6) is 0 Å². The molecule has 2 aliphatic rings. The van der Waals surface area contributed by atoms with Gasteiger partial charge in [-0.3, -0.25) is 0 Å². The molecule has 1 saturated carbocycles. The van der Waals surface area contributed by atoms with Gasteiger partial charge in [-0.1, -0.05) is 0 Å². The van der Waals surface area contributed by atoms with Crippen molar-refractivity contribution in [3.63, 3.8) is 0 Å². The fourth-order valence-corrected chi connectivity index (χ4v) is 3.43. The van der Waals surface area contributed by atoms with Gasteiger partial charge in [0.1, 0.15) is 30.5 Å². The van der Waals surface area contributed by atoms with Crippen molar-refractivity contribution in [1.82, 2.24) is 9.97 Å². The molecule has 2 heterocycles. The fraction of sp³-hybridized carbons (Fsp3) is 0.800. The molecule has 0 radical (unpaired) electrons. The highest BCUT2D eigenvalue weighted by molar-refractivity contribution is 5.23. The van der Waals surface area contributed by atoms with E-state index in [0.717, 1.165) is 0 Å². The lowest BCUT2D eigenvalue weighted by Gasteiger charge is -2.45. The molecule has 0 aromatic carbocycles. The van der Waals surface area contributed by atoms with Crippen molar-refractivity contribution >= 4 is 5.95 Å². The molecule has 10 unspecified atom stereocenters. The first-order valence-electron chi connectivity index (χ1n) is 8.82. The number of nitrogens with two attached hydrogens (primary N) is 3. The summed E-state index contributed by atoms with van der Waals surface area (Å²) in [5.41, 5.74) is 17.7. The lowest BCUT2D eigenvalue weighted by Crippen LogP contribution is -2.67. The van der Waals surface area contributed by atoms with Gasteiger partial charge < -0.3 is 57.4 Å². The second kappa shape index (κ2) is 8.34. The average Bonchev–Trinajstić information content (AvgIpc) is 3.16. The van der Waals surface area contributed by atoms with Crippen LogP contribution in [0.25, 0.3) is 0 Å². The number of aromatic nitrogens is 2. The van der Waals surface area contributed by atoms with E-state index in [1.165, 1.54) is 0 Å². The van der Waals surface area contributed by atoms with Crippen LogP contribution >= 0.6 is 0 Å². The Bertz CT molecular complexity index is 593. The van der Waals surface area contributed by atoms with Gasteiger partial charge in [-0.2, -0.15) is 0 Å². The van der Waals surface area contributed by atoms with Gasteiger partial charge in [-0.05, 0) is 6.42 Å². The molecule has 27 heavy (non-hydrogen) atoms. The zero-order chi connectivity index (χ0) is 19.7. The number of hydrogen-bond donors (Lipinski definition) is 9. The molecule has 1 aliphatic heterocycles. The Morgan fingerprint density at radius 2 is 1.85 bits per heavy atom. The van der Waals surface area contributed by atoms with Crippen molar-refractivity contribution < 1.29 is 29.9 Å². The third-order valence-electron chi connectivity index (χ3n) is 5.10. The first kappa shape index (κ1) is 20.4. The predicted octanol–water partition coefficient (Wildman–Crippen LogP) is -4.24. The highest BCUT2D eigenvalue weighted by atomic mass is 16.7. The number of aromatic amines is 1. The molecule has 1 aromatic heterocycles. The number of aliphatic hydroxyl groups excluding tert-OH is 4. The Balaban J connectivity index is 1.66. The monoisotopic (exact) mass is 388 g/mol. The van der Waals surface area contributed by atoms with Crippen LogP contribution in [0.1, 0.15) is 6.42 Å². The number of nitrogens with zero attached hydrogens (tertiary/aromatic N) is 1. The maximum atomic E-state index is 10.3. The molecule has 154 valence electrons. The van der Waals surface area contributed by atoms with Crippen molar-refractivity contribution in [2.45, 2.75) is 67.5 Å². The van der Waals surface area contributed by atoms with Gasteiger partial charge in [0, 0.05) is 31.0 Å². The van der Waals surface area contributed by atoms with E-state index in [-0.39, 0.29) is 13.0 Å². The molecule has 0 amide bonds. The molecule has 10 atom stereocenters. The minimum absolute atomic E-state index is 0.116. The number of hydrogen-bond acceptors (Lipinski definition) is 11. The first-order valence-corrected chi connectivity index (χ1v) is 8.82. The third-order valence-corrected chi connectivity index (χ3v) is 5.10. The van der Waals surface area contributed by atoms with E-state index >= 15 is 0 Å². The van der Waals surface area contributed by atoms with Gasteiger partial charge in [-0.15, -0.1) is 0 Å². The number of aliphatic hydroxyl groups is 4. The lowest BCUT2D eigenvalue weighted by molar-refractivity contribution is -0.287. The Morgan fingerprint density at radius 3 is 2.52 bits per heavy atom. The van der Waals surface area contributed by atoms with Crippen LogP contribution in [-0.2, 0) is 9.47 Å². The van der Waals surface area contributed by atoms with E-state index < -0.39 is 61.0 Å². The Labute approximate surface area is 155 Å². The van der Waals surface area contributed by atoms with Crippen molar-refractivity contribution in [3.8, 4) is 0 Å². The van der Waals surface area contributed by atoms with Crippen LogP contribution in [-0.4, -0.2) is 98.0 Å². The zero-order valence-electron chi connectivity index (χ0n) is 14.6. The van der Waals surface area contributed by atoms with Crippen LogP contribution in [0.15, 0.2) is 12.4 Å². The number of rotatable bonds is 5. The second-order valence-corrected chi connectivity index (χ2v) is 7.07. The minimum Gasteiger partial charge on any atom is -0.389 e. The number of H-pyrrole nitrogens is 1.